The number of aromatic nitrogens is 1. The maximum absolute atomic E-state index is 13.7. The molecule has 2 aromatic rings. The lowest BCUT2D eigenvalue weighted by molar-refractivity contribution is -0.377. The van der Waals surface area contributed by atoms with Crippen molar-refractivity contribution < 1.29 is 43.0 Å². The van der Waals surface area contributed by atoms with Crippen LogP contribution in [0.5, 0.6) is 11.5 Å². The number of carbonyl (C=O) groups is 2. The molecule has 0 radical (unpaired) electrons. The van der Waals surface area contributed by atoms with E-state index < -0.39 is 24.1 Å². The molecule has 3 heterocycles. The summed E-state index contributed by atoms with van der Waals surface area (Å²) in [5, 5.41) is -0.116. The molecule has 5 rings (SSSR count). The van der Waals surface area contributed by atoms with Crippen LogP contribution in [0, 0.1) is 5.92 Å². The van der Waals surface area contributed by atoms with Gasteiger partial charge in [-0.15, -0.1) is 11.8 Å². The highest BCUT2D eigenvalue weighted by Gasteiger charge is 2.38. The van der Waals surface area contributed by atoms with Gasteiger partial charge in [-0.2, -0.15) is 8.78 Å². The summed E-state index contributed by atoms with van der Waals surface area (Å²) < 4.78 is 43.0. The summed E-state index contributed by atoms with van der Waals surface area (Å²) in [5.74, 6) is 0.322. The van der Waals surface area contributed by atoms with Crippen molar-refractivity contribution in [3.63, 3.8) is 0 Å². The fourth-order valence-electron chi connectivity index (χ4n) is 5.20. The Morgan fingerprint density at radius 2 is 1.78 bits per heavy atom. The monoisotopic (exact) mass is 690 g/mol. The second-order valence-electron chi connectivity index (χ2n) is 11.3. The lowest BCUT2D eigenvalue weighted by atomic mass is 10.0. The average Bonchev–Trinajstić information content (AvgIpc) is 3.69. The number of hydrogen-bond acceptors (Lipinski definition) is 9. The SMILES string of the molecule is CN1CCN(CCC(=O)N2CCS[C@H]2C(=O)O[C@@H](Cc2c(Cl)c[nH+]cc2Cl)c2ccc(OC(F)F)c(OCC3CC3)c2)CC1.[OH-]. The van der Waals surface area contributed by atoms with Gasteiger partial charge in [0.05, 0.1) is 6.61 Å². The van der Waals surface area contributed by atoms with Gasteiger partial charge < -0.3 is 34.4 Å². The minimum absolute atomic E-state index is 0. The second kappa shape index (κ2) is 16.4. The van der Waals surface area contributed by atoms with Gasteiger partial charge in [0.2, 0.25) is 5.91 Å². The molecule has 3 aliphatic rings. The number of likely N-dealkylation sites (N-methyl/N-ethyl adjacent to an activating group) is 1. The summed E-state index contributed by atoms with van der Waals surface area (Å²) in [6.07, 6.45) is 4.67. The second-order valence-corrected chi connectivity index (χ2v) is 13.3. The van der Waals surface area contributed by atoms with Crippen molar-refractivity contribution >= 4 is 46.8 Å². The topological polar surface area (TPSA) is 116 Å². The number of benzene rings is 1. The molecule has 1 saturated carbocycles. The first-order chi connectivity index (χ1) is 21.2. The number of carbonyl (C=O) groups excluding carboxylic acids is 2. The first-order valence-electron chi connectivity index (χ1n) is 14.8. The van der Waals surface area contributed by atoms with E-state index in [1.807, 2.05) is 0 Å². The van der Waals surface area contributed by atoms with Crippen LogP contribution in [0.25, 0.3) is 0 Å². The molecule has 2 N–H and O–H groups in total. The number of alkyl halides is 2. The van der Waals surface area contributed by atoms with E-state index in [1.165, 1.54) is 17.8 Å². The Morgan fingerprint density at radius 1 is 1.07 bits per heavy atom. The summed E-state index contributed by atoms with van der Waals surface area (Å²) >= 11 is 14.3. The van der Waals surface area contributed by atoms with Gasteiger partial charge >= 0.3 is 12.6 Å². The number of esters is 1. The van der Waals surface area contributed by atoms with Crippen LogP contribution in [0.2, 0.25) is 10.0 Å². The molecular weight excluding hydrogens is 653 g/mol. The zero-order chi connectivity index (χ0) is 31.2. The quantitative estimate of drug-likeness (QED) is 0.282. The highest BCUT2D eigenvalue weighted by Crippen LogP contribution is 2.38. The van der Waals surface area contributed by atoms with Crippen LogP contribution in [0.4, 0.5) is 8.78 Å². The number of H-pyrrole nitrogens is 1. The zero-order valence-corrected chi connectivity index (χ0v) is 27.3. The molecule has 3 fully saturated rings. The molecule has 2 saturated heterocycles. The van der Waals surface area contributed by atoms with Crippen LogP contribution in [0.1, 0.15) is 36.5 Å². The Bertz CT molecular complexity index is 1300. The number of ether oxygens (including phenoxy) is 3. The van der Waals surface area contributed by atoms with Crippen LogP contribution in [-0.4, -0.2) is 103 Å². The van der Waals surface area contributed by atoms with Gasteiger partial charge in [0.15, 0.2) is 29.3 Å². The number of nitrogens with zero attached hydrogens (tertiary/aromatic N) is 3. The van der Waals surface area contributed by atoms with E-state index in [2.05, 4.69) is 21.8 Å². The molecular formula is C30H38Cl2F2N4O6S. The van der Waals surface area contributed by atoms with Crippen molar-refractivity contribution in [3.05, 3.63) is 51.8 Å². The van der Waals surface area contributed by atoms with Gasteiger partial charge in [0.1, 0.15) is 16.1 Å². The van der Waals surface area contributed by atoms with E-state index >= 15 is 0 Å². The van der Waals surface area contributed by atoms with Crippen molar-refractivity contribution in [3.8, 4) is 11.5 Å². The van der Waals surface area contributed by atoms with E-state index in [0.717, 1.165) is 39.0 Å². The van der Waals surface area contributed by atoms with E-state index in [4.69, 9.17) is 37.4 Å². The predicted octanol–water partition coefficient (Wildman–Crippen LogP) is 4.39. The van der Waals surface area contributed by atoms with Crippen molar-refractivity contribution in [2.75, 3.05) is 58.7 Å². The van der Waals surface area contributed by atoms with Gasteiger partial charge in [-0.3, -0.25) is 4.79 Å². The molecule has 248 valence electrons. The normalized spacial score (nSPS) is 19.7. The van der Waals surface area contributed by atoms with E-state index in [-0.39, 0.29) is 29.3 Å². The summed E-state index contributed by atoms with van der Waals surface area (Å²) in [5.41, 5.74) is 1.03. The molecule has 0 spiro atoms. The van der Waals surface area contributed by atoms with E-state index in [0.29, 0.717) is 59.0 Å². The average molecular weight is 692 g/mol. The fraction of sp³-hybridized carbons (Fsp3) is 0.567. The zero-order valence-electron chi connectivity index (χ0n) is 24.9. The number of halogens is 4. The summed E-state index contributed by atoms with van der Waals surface area (Å²) in [4.78, 5) is 35.9. The Kier molecular flexibility index (Phi) is 12.9. The number of rotatable bonds is 13. The van der Waals surface area contributed by atoms with Crippen molar-refractivity contribution in [2.45, 2.75) is 43.8 Å². The fourth-order valence-corrected chi connectivity index (χ4v) is 6.85. The number of thioether (sulfide) groups is 1. The van der Waals surface area contributed by atoms with Gasteiger partial charge in [-0.05, 0) is 43.5 Å². The maximum Gasteiger partial charge on any atom is 0.387 e. The molecule has 10 nitrogen and oxygen atoms in total. The number of amides is 1. The molecule has 1 aromatic heterocycles. The van der Waals surface area contributed by atoms with Gasteiger partial charge in [0, 0.05) is 63.4 Å². The third-order valence-corrected chi connectivity index (χ3v) is 9.88. The van der Waals surface area contributed by atoms with Crippen molar-refractivity contribution in [2.24, 2.45) is 5.92 Å². The third-order valence-electron chi connectivity index (χ3n) is 8.02. The molecule has 0 bridgehead atoms. The highest BCUT2D eigenvalue weighted by molar-refractivity contribution is 8.00. The van der Waals surface area contributed by atoms with Gasteiger partial charge in [-0.25, -0.2) is 9.78 Å². The van der Waals surface area contributed by atoms with Gasteiger partial charge in [-0.1, -0.05) is 29.3 Å². The maximum atomic E-state index is 13.7. The smallest absolute Gasteiger partial charge is 0.387 e. The Hall–Kier alpha value is -2.42. The van der Waals surface area contributed by atoms with Gasteiger partial charge in [0.25, 0.3) is 0 Å². The number of pyridine rings is 1. The minimum Gasteiger partial charge on any atom is -0.870 e. The summed E-state index contributed by atoms with van der Waals surface area (Å²) in [6, 6.07) is 4.48. The first-order valence-corrected chi connectivity index (χ1v) is 16.6. The number of aromatic amines is 1. The molecule has 0 unspecified atom stereocenters. The standard InChI is InChI=1S/C30H36Cl2F2N4O5S.H2O/c1-36-8-10-37(11-9-36)7-6-27(39)38-12-13-44-28(38)29(40)42-25(15-21-22(31)16-35-17-23(21)32)20-4-5-24(43-30(33)34)26(14-20)41-18-19-2-3-19;/h4-5,14,16-17,19,25,28,30H,2-3,6-13,15,18H2,1H3;1H2/t25-,28-;/m0./s1. The number of piperazine rings is 1. The molecule has 45 heavy (non-hydrogen) atoms. The van der Waals surface area contributed by atoms with Crippen molar-refractivity contribution in [1.82, 2.24) is 14.7 Å². The lowest BCUT2D eigenvalue weighted by Gasteiger charge is -2.32. The highest BCUT2D eigenvalue weighted by atomic mass is 35.5. The largest absolute Gasteiger partial charge is 0.870 e. The molecule has 1 aliphatic carbocycles. The lowest BCUT2D eigenvalue weighted by Crippen LogP contribution is -2.46. The molecule has 1 amide bonds. The number of nitrogens with one attached hydrogen (secondary N) is 1. The van der Waals surface area contributed by atoms with Crippen LogP contribution < -0.4 is 14.5 Å². The van der Waals surface area contributed by atoms with Crippen LogP contribution in [-0.2, 0) is 20.7 Å². The van der Waals surface area contributed by atoms with Crippen molar-refractivity contribution in [1.29, 1.82) is 0 Å². The predicted molar refractivity (Wildman–Crippen MR) is 165 cm³/mol. The van der Waals surface area contributed by atoms with Crippen LogP contribution in [0.3, 0.4) is 0 Å². The first kappa shape index (κ1) is 35.4. The summed E-state index contributed by atoms with van der Waals surface area (Å²) in [6.45, 7) is 2.14. The summed E-state index contributed by atoms with van der Waals surface area (Å²) in [7, 11) is 2.08. The number of hydrogen-bond donors (Lipinski definition) is 0. The third kappa shape index (κ3) is 9.79. The van der Waals surface area contributed by atoms with Crippen LogP contribution >= 0.6 is 35.0 Å². The molecule has 2 aliphatic heterocycles. The van der Waals surface area contributed by atoms with Crippen LogP contribution in [0.15, 0.2) is 30.6 Å². The van der Waals surface area contributed by atoms with E-state index in [1.54, 1.807) is 29.4 Å². The molecule has 15 heteroatoms. The molecule has 2 atom stereocenters. The Labute approximate surface area is 275 Å². The Balaban J connectivity index is 0.00000461. The minimum atomic E-state index is -3.03. The Morgan fingerprint density at radius 3 is 2.44 bits per heavy atom. The molecule has 1 aromatic carbocycles. The van der Waals surface area contributed by atoms with E-state index in [9.17, 15) is 18.4 Å².